The van der Waals surface area contributed by atoms with Gasteiger partial charge < -0.3 is 5.32 Å². The zero-order chi connectivity index (χ0) is 27.6. The van der Waals surface area contributed by atoms with Crippen molar-refractivity contribution < 1.29 is 34.8 Å². The molecule has 0 unspecified atom stereocenters. The highest BCUT2D eigenvalue weighted by molar-refractivity contribution is 7.92. The first-order valence-electron chi connectivity index (χ1n) is 10.5. The number of carbonyl (C=O) groups is 1. The maximum absolute atomic E-state index is 13.1. The van der Waals surface area contributed by atoms with Gasteiger partial charge in [-0.15, -0.1) is 0 Å². The molecule has 0 atom stereocenters. The molecule has 0 fully saturated rings. The van der Waals surface area contributed by atoms with E-state index in [1.807, 2.05) is 0 Å². The predicted octanol–water partition coefficient (Wildman–Crippen LogP) is 5.20. The minimum atomic E-state index is -4.76. The Morgan fingerprint density at radius 1 is 0.919 bits per heavy atom. The minimum Gasteiger partial charge on any atom is -0.322 e. The third-order valence-electron chi connectivity index (χ3n) is 5.05. The molecule has 14 heteroatoms. The van der Waals surface area contributed by atoms with Gasteiger partial charge in [0.05, 0.1) is 27.4 Å². The molecule has 1 amide bonds. The molecule has 2 N–H and O–H groups in total. The van der Waals surface area contributed by atoms with Gasteiger partial charge in [0.15, 0.2) is 0 Å². The summed E-state index contributed by atoms with van der Waals surface area (Å²) in [4.78, 5) is 12.3. The Balaban J connectivity index is 1.72. The number of alkyl halides is 3. The van der Waals surface area contributed by atoms with Gasteiger partial charge >= 0.3 is 6.18 Å². The molecule has 0 saturated carbocycles. The summed E-state index contributed by atoms with van der Waals surface area (Å²) in [6.45, 7) is 1.90. The van der Waals surface area contributed by atoms with Crippen LogP contribution in [-0.2, 0) is 26.2 Å². The second-order valence-electron chi connectivity index (χ2n) is 7.75. The van der Waals surface area contributed by atoms with Gasteiger partial charge in [-0.2, -0.15) is 13.2 Å². The molecule has 3 rings (SSSR count). The molecular formula is C23H21ClF3N3O5S2. The fourth-order valence-electron chi connectivity index (χ4n) is 3.33. The van der Waals surface area contributed by atoms with E-state index in [4.69, 9.17) is 11.6 Å². The molecule has 37 heavy (non-hydrogen) atoms. The maximum Gasteiger partial charge on any atom is 0.417 e. The summed E-state index contributed by atoms with van der Waals surface area (Å²) in [5.41, 5.74) is -0.624. The van der Waals surface area contributed by atoms with Crippen molar-refractivity contribution in [1.29, 1.82) is 0 Å². The van der Waals surface area contributed by atoms with Crippen LogP contribution in [0.2, 0.25) is 5.02 Å². The van der Waals surface area contributed by atoms with E-state index in [-0.39, 0.29) is 28.4 Å². The lowest BCUT2D eigenvalue weighted by Crippen LogP contribution is -2.29. The molecular weight excluding hydrogens is 555 g/mol. The third-order valence-corrected chi connectivity index (χ3v) is 8.05. The highest BCUT2D eigenvalue weighted by Crippen LogP contribution is 2.36. The predicted molar refractivity (Wildman–Crippen MR) is 136 cm³/mol. The first kappa shape index (κ1) is 28.3. The van der Waals surface area contributed by atoms with Gasteiger partial charge in [-0.1, -0.05) is 11.6 Å². The summed E-state index contributed by atoms with van der Waals surface area (Å²) >= 11 is 5.56. The standard InChI is InChI=1S/C23H21ClF3N3O5S2/c1-3-30(36(2,32)33)18-9-4-15(5-10-18)22(31)28-16-6-11-19(12-7-16)37(34,35)29-17-8-13-21(24)20(14-17)23(25,26)27/h4-14,29H,3H2,1-2H3,(H,28,31). The van der Waals surface area contributed by atoms with E-state index in [2.05, 4.69) is 10.0 Å². The maximum atomic E-state index is 13.1. The van der Waals surface area contributed by atoms with E-state index in [9.17, 15) is 34.8 Å². The third kappa shape index (κ3) is 6.93. The molecule has 0 bridgehead atoms. The normalized spacial score (nSPS) is 12.2. The number of halogens is 4. The zero-order valence-corrected chi connectivity index (χ0v) is 21.8. The Hall–Kier alpha value is -3.29. The number of benzene rings is 3. The molecule has 0 aliphatic carbocycles. The zero-order valence-electron chi connectivity index (χ0n) is 19.4. The van der Waals surface area contributed by atoms with Gasteiger partial charge in [0, 0.05) is 23.5 Å². The fourth-order valence-corrected chi connectivity index (χ4v) is 5.58. The molecule has 0 aliphatic rings. The van der Waals surface area contributed by atoms with Crippen molar-refractivity contribution in [2.75, 3.05) is 27.1 Å². The van der Waals surface area contributed by atoms with Crippen LogP contribution in [0.25, 0.3) is 0 Å². The monoisotopic (exact) mass is 575 g/mol. The van der Waals surface area contributed by atoms with Crippen LogP contribution in [-0.4, -0.2) is 35.5 Å². The molecule has 8 nitrogen and oxygen atoms in total. The summed E-state index contributed by atoms with van der Waals surface area (Å²) in [7, 11) is -7.71. The summed E-state index contributed by atoms with van der Waals surface area (Å²) < 4.78 is 91.3. The average Bonchev–Trinajstić information content (AvgIpc) is 2.80. The van der Waals surface area contributed by atoms with E-state index in [1.54, 1.807) is 6.92 Å². The van der Waals surface area contributed by atoms with Crippen molar-refractivity contribution >= 4 is 54.6 Å². The molecule has 0 heterocycles. The molecule has 198 valence electrons. The topological polar surface area (TPSA) is 113 Å². The fraction of sp³-hybridized carbons (Fsp3) is 0.174. The Morgan fingerprint density at radius 2 is 1.49 bits per heavy atom. The second-order valence-corrected chi connectivity index (χ2v) is 11.7. The van der Waals surface area contributed by atoms with E-state index < -0.39 is 42.7 Å². The molecule has 0 aliphatic heterocycles. The lowest BCUT2D eigenvalue weighted by atomic mass is 10.2. The van der Waals surface area contributed by atoms with Crippen molar-refractivity contribution in [2.24, 2.45) is 0 Å². The number of hydrogen-bond donors (Lipinski definition) is 2. The smallest absolute Gasteiger partial charge is 0.322 e. The lowest BCUT2D eigenvalue weighted by Gasteiger charge is -2.20. The number of hydrogen-bond acceptors (Lipinski definition) is 5. The Morgan fingerprint density at radius 3 is 2.00 bits per heavy atom. The molecule has 0 radical (unpaired) electrons. The summed E-state index contributed by atoms with van der Waals surface area (Å²) in [5.74, 6) is -0.525. The number of rotatable bonds is 8. The van der Waals surface area contributed by atoms with Crippen LogP contribution in [0.1, 0.15) is 22.8 Å². The minimum absolute atomic E-state index is 0.218. The average molecular weight is 576 g/mol. The van der Waals surface area contributed by atoms with Crippen LogP contribution in [0.3, 0.4) is 0 Å². The number of sulfonamides is 2. The largest absolute Gasteiger partial charge is 0.417 e. The first-order chi connectivity index (χ1) is 17.1. The van der Waals surface area contributed by atoms with Crippen molar-refractivity contribution in [2.45, 2.75) is 18.0 Å². The summed E-state index contributed by atoms with van der Waals surface area (Å²) in [6.07, 6.45) is -3.69. The van der Waals surface area contributed by atoms with Gasteiger partial charge in [0.1, 0.15) is 0 Å². The molecule has 0 saturated heterocycles. The number of nitrogens with one attached hydrogen (secondary N) is 2. The number of anilines is 3. The van der Waals surface area contributed by atoms with Gasteiger partial charge in [-0.25, -0.2) is 16.8 Å². The van der Waals surface area contributed by atoms with Gasteiger partial charge in [-0.05, 0) is 73.7 Å². The first-order valence-corrected chi connectivity index (χ1v) is 14.2. The van der Waals surface area contributed by atoms with E-state index in [0.717, 1.165) is 18.4 Å². The number of amides is 1. The van der Waals surface area contributed by atoms with Gasteiger partial charge in [0.25, 0.3) is 15.9 Å². The number of nitrogens with zero attached hydrogens (tertiary/aromatic N) is 1. The highest BCUT2D eigenvalue weighted by Gasteiger charge is 2.33. The van der Waals surface area contributed by atoms with Crippen LogP contribution in [0, 0.1) is 0 Å². The van der Waals surface area contributed by atoms with Gasteiger partial charge in [-0.3, -0.25) is 13.8 Å². The molecule has 3 aromatic carbocycles. The van der Waals surface area contributed by atoms with Crippen LogP contribution < -0.4 is 14.3 Å². The summed E-state index contributed by atoms with van der Waals surface area (Å²) in [5, 5.41) is 2.02. The number of carbonyl (C=O) groups excluding carboxylic acids is 1. The van der Waals surface area contributed by atoms with Crippen molar-refractivity contribution in [3.63, 3.8) is 0 Å². The van der Waals surface area contributed by atoms with E-state index in [0.29, 0.717) is 11.8 Å². The van der Waals surface area contributed by atoms with Crippen LogP contribution in [0.15, 0.2) is 71.6 Å². The van der Waals surface area contributed by atoms with Crippen LogP contribution >= 0.6 is 11.6 Å². The Kier molecular flexibility index (Phi) is 8.10. The van der Waals surface area contributed by atoms with Crippen molar-refractivity contribution in [3.05, 3.63) is 82.9 Å². The van der Waals surface area contributed by atoms with Crippen LogP contribution in [0.5, 0.6) is 0 Å². The molecule has 0 spiro atoms. The van der Waals surface area contributed by atoms with Gasteiger partial charge in [0.2, 0.25) is 10.0 Å². The van der Waals surface area contributed by atoms with E-state index >= 15 is 0 Å². The quantitative estimate of drug-likeness (QED) is 0.383. The highest BCUT2D eigenvalue weighted by atomic mass is 35.5. The SMILES string of the molecule is CCN(c1ccc(C(=O)Nc2ccc(S(=O)(=O)Nc3ccc(Cl)c(C(F)(F)F)c3)cc2)cc1)S(C)(=O)=O. The van der Waals surface area contributed by atoms with Crippen molar-refractivity contribution in [1.82, 2.24) is 0 Å². The molecule has 3 aromatic rings. The lowest BCUT2D eigenvalue weighted by molar-refractivity contribution is -0.137. The van der Waals surface area contributed by atoms with Crippen LogP contribution in [0.4, 0.5) is 30.2 Å². The Labute approximate surface area is 217 Å². The second kappa shape index (κ2) is 10.6. The van der Waals surface area contributed by atoms with Crippen molar-refractivity contribution in [3.8, 4) is 0 Å². The Bertz CT molecular complexity index is 1510. The summed E-state index contributed by atoms with van der Waals surface area (Å²) in [6, 6.07) is 13.5. The molecule has 0 aromatic heterocycles. The van der Waals surface area contributed by atoms with E-state index in [1.165, 1.54) is 52.8 Å².